The van der Waals surface area contributed by atoms with Crippen LogP contribution in [0.3, 0.4) is 0 Å². The van der Waals surface area contributed by atoms with Gasteiger partial charge in [0, 0.05) is 14.1 Å². The molecule has 1 fully saturated rings. The molecule has 24 heavy (non-hydrogen) atoms. The molecule has 0 unspecified atom stereocenters. The first kappa shape index (κ1) is 16.6. The summed E-state index contributed by atoms with van der Waals surface area (Å²) in [7, 11) is 3.41. The van der Waals surface area contributed by atoms with E-state index in [2.05, 4.69) is 10.3 Å². The van der Waals surface area contributed by atoms with E-state index in [1.807, 2.05) is 30.3 Å². The number of amides is 2. The van der Waals surface area contributed by atoms with E-state index >= 15 is 0 Å². The zero-order valence-electron chi connectivity index (χ0n) is 14.1. The maximum absolute atomic E-state index is 12.9. The monoisotopic (exact) mass is 343 g/mol. The van der Waals surface area contributed by atoms with Crippen LogP contribution >= 0.6 is 11.3 Å². The highest BCUT2D eigenvalue weighted by molar-refractivity contribution is 7.17. The van der Waals surface area contributed by atoms with Gasteiger partial charge in [-0.25, -0.2) is 4.98 Å². The molecule has 1 saturated carbocycles. The minimum Gasteiger partial charge on any atom is -0.344 e. The normalized spacial score (nSPS) is 15.5. The van der Waals surface area contributed by atoms with Crippen LogP contribution in [0, 0.1) is 6.92 Å². The Bertz CT molecular complexity index is 764. The Morgan fingerprint density at radius 3 is 2.42 bits per heavy atom. The fourth-order valence-corrected chi connectivity index (χ4v) is 3.99. The molecule has 5 nitrogen and oxygen atoms in total. The molecule has 1 aromatic carbocycles. The van der Waals surface area contributed by atoms with Gasteiger partial charge in [0.05, 0.1) is 11.1 Å². The van der Waals surface area contributed by atoms with Crippen molar-refractivity contribution in [3.63, 3.8) is 0 Å². The van der Waals surface area contributed by atoms with Gasteiger partial charge in [0.15, 0.2) is 5.13 Å². The number of anilines is 1. The van der Waals surface area contributed by atoms with Crippen LogP contribution in [0.25, 0.3) is 0 Å². The Balaban J connectivity index is 1.82. The summed E-state index contributed by atoms with van der Waals surface area (Å²) in [6.07, 6.45) is 2.73. The number of aryl methyl sites for hydroxylation is 1. The fraction of sp³-hybridized carbons (Fsp3) is 0.389. The largest absolute Gasteiger partial charge is 0.344 e. The zero-order valence-corrected chi connectivity index (χ0v) is 14.9. The molecule has 126 valence electrons. The van der Waals surface area contributed by atoms with Crippen molar-refractivity contribution in [2.75, 3.05) is 19.4 Å². The highest BCUT2D eigenvalue weighted by Crippen LogP contribution is 2.44. The van der Waals surface area contributed by atoms with Crippen LogP contribution in [0.2, 0.25) is 0 Å². The third-order valence-corrected chi connectivity index (χ3v) is 5.65. The molecule has 0 aliphatic heterocycles. The number of benzene rings is 1. The predicted octanol–water partition coefficient (Wildman–Crippen LogP) is 3.21. The molecule has 1 heterocycles. The van der Waals surface area contributed by atoms with Crippen molar-refractivity contribution in [1.82, 2.24) is 9.88 Å². The molecule has 1 N–H and O–H groups in total. The summed E-state index contributed by atoms with van der Waals surface area (Å²) in [6, 6.07) is 9.89. The van der Waals surface area contributed by atoms with Crippen molar-refractivity contribution in [3.05, 3.63) is 46.5 Å². The van der Waals surface area contributed by atoms with Gasteiger partial charge in [0.2, 0.25) is 5.91 Å². The van der Waals surface area contributed by atoms with E-state index < -0.39 is 5.41 Å². The number of rotatable bonds is 4. The van der Waals surface area contributed by atoms with Crippen molar-refractivity contribution in [1.29, 1.82) is 0 Å². The zero-order chi connectivity index (χ0) is 17.3. The predicted molar refractivity (Wildman–Crippen MR) is 95.5 cm³/mol. The molecule has 2 amide bonds. The van der Waals surface area contributed by atoms with E-state index in [1.165, 1.54) is 16.2 Å². The lowest BCUT2D eigenvalue weighted by molar-refractivity contribution is -0.124. The van der Waals surface area contributed by atoms with E-state index in [0.717, 1.165) is 24.8 Å². The summed E-state index contributed by atoms with van der Waals surface area (Å²) < 4.78 is 0. The number of aromatic nitrogens is 1. The summed E-state index contributed by atoms with van der Waals surface area (Å²) in [6.45, 7) is 1.79. The van der Waals surface area contributed by atoms with Crippen LogP contribution < -0.4 is 5.32 Å². The van der Waals surface area contributed by atoms with Gasteiger partial charge in [0.1, 0.15) is 4.88 Å². The van der Waals surface area contributed by atoms with E-state index in [-0.39, 0.29) is 11.8 Å². The average Bonchev–Trinajstić information content (AvgIpc) is 2.86. The third-order valence-electron chi connectivity index (χ3n) is 4.59. The molecule has 3 rings (SSSR count). The standard InChI is InChI=1S/C18H21N3O2S/c1-12-14(15(22)21(2)3)24-17(19-12)20-16(23)18(10-7-11-18)13-8-5-4-6-9-13/h4-6,8-9H,7,10-11H2,1-3H3,(H,19,20,23). The van der Waals surface area contributed by atoms with Gasteiger partial charge in [-0.2, -0.15) is 0 Å². The first-order valence-electron chi connectivity index (χ1n) is 8.00. The van der Waals surface area contributed by atoms with E-state index in [9.17, 15) is 9.59 Å². The van der Waals surface area contributed by atoms with Crippen LogP contribution in [0.1, 0.15) is 40.2 Å². The molecular weight excluding hydrogens is 322 g/mol. The van der Waals surface area contributed by atoms with Gasteiger partial charge >= 0.3 is 0 Å². The number of thiazole rings is 1. The quantitative estimate of drug-likeness (QED) is 0.927. The summed E-state index contributed by atoms with van der Waals surface area (Å²) in [4.78, 5) is 31.5. The van der Waals surface area contributed by atoms with Gasteiger partial charge < -0.3 is 10.2 Å². The van der Waals surface area contributed by atoms with Crippen molar-refractivity contribution in [2.45, 2.75) is 31.6 Å². The second-order valence-corrected chi connectivity index (χ2v) is 7.39. The Hall–Kier alpha value is -2.21. The second-order valence-electron chi connectivity index (χ2n) is 6.39. The Morgan fingerprint density at radius 1 is 1.21 bits per heavy atom. The lowest BCUT2D eigenvalue weighted by Crippen LogP contribution is -2.45. The molecule has 0 saturated heterocycles. The molecule has 1 aliphatic rings. The number of hydrogen-bond acceptors (Lipinski definition) is 4. The Labute approximate surface area is 145 Å². The number of carbonyl (C=O) groups excluding carboxylic acids is 2. The van der Waals surface area contributed by atoms with Crippen LogP contribution in [-0.4, -0.2) is 35.8 Å². The molecule has 6 heteroatoms. The number of nitrogens with zero attached hydrogens (tertiary/aromatic N) is 2. The van der Waals surface area contributed by atoms with Crippen LogP contribution in [-0.2, 0) is 10.2 Å². The Morgan fingerprint density at radius 2 is 1.88 bits per heavy atom. The van der Waals surface area contributed by atoms with Crippen LogP contribution in [0.4, 0.5) is 5.13 Å². The molecule has 0 spiro atoms. The van der Waals surface area contributed by atoms with Gasteiger partial charge in [-0.3, -0.25) is 9.59 Å². The van der Waals surface area contributed by atoms with Crippen molar-refractivity contribution >= 4 is 28.3 Å². The van der Waals surface area contributed by atoms with E-state index in [0.29, 0.717) is 15.7 Å². The summed E-state index contributed by atoms with van der Waals surface area (Å²) in [5, 5.41) is 3.43. The maximum atomic E-state index is 12.9. The Kier molecular flexibility index (Phi) is 4.41. The minimum atomic E-state index is -0.466. The number of carbonyl (C=O) groups is 2. The van der Waals surface area contributed by atoms with Gasteiger partial charge in [-0.05, 0) is 25.3 Å². The first-order chi connectivity index (χ1) is 11.4. The van der Waals surface area contributed by atoms with Gasteiger partial charge in [-0.15, -0.1) is 0 Å². The topological polar surface area (TPSA) is 62.3 Å². The summed E-state index contributed by atoms with van der Waals surface area (Å²) in [5.41, 5.74) is 1.23. The van der Waals surface area contributed by atoms with Crippen molar-refractivity contribution < 1.29 is 9.59 Å². The van der Waals surface area contributed by atoms with Crippen LogP contribution in [0.15, 0.2) is 30.3 Å². The van der Waals surface area contributed by atoms with E-state index in [4.69, 9.17) is 0 Å². The molecular formula is C18H21N3O2S. The lowest BCUT2D eigenvalue weighted by Gasteiger charge is -2.40. The molecule has 0 radical (unpaired) electrons. The lowest BCUT2D eigenvalue weighted by atomic mass is 9.64. The first-order valence-corrected chi connectivity index (χ1v) is 8.82. The SMILES string of the molecule is Cc1nc(NC(=O)C2(c3ccccc3)CCC2)sc1C(=O)N(C)C. The molecule has 0 atom stereocenters. The smallest absolute Gasteiger partial charge is 0.265 e. The molecule has 1 aliphatic carbocycles. The van der Waals surface area contributed by atoms with Gasteiger partial charge in [0.25, 0.3) is 5.91 Å². The van der Waals surface area contributed by atoms with Crippen molar-refractivity contribution in [2.24, 2.45) is 0 Å². The second kappa shape index (κ2) is 6.36. The fourth-order valence-electron chi connectivity index (χ4n) is 3.00. The molecule has 1 aromatic heterocycles. The minimum absolute atomic E-state index is 0.0300. The summed E-state index contributed by atoms with van der Waals surface area (Å²) >= 11 is 1.24. The highest BCUT2D eigenvalue weighted by Gasteiger charge is 2.45. The van der Waals surface area contributed by atoms with Crippen LogP contribution in [0.5, 0.6) is 0 Å². The maximum Gasteiger partial charge on any atom is 0.265 e. The number of nitrogens with one attached hydrogen (secondary N) is 1. The molecule has 2 aromatic rings. The summed E-state index contributed by atoms with van der Waals surface area (Å²) in [5.74, 6) is -0.121. The van der Waals surface area contributed by atoms with Gasteiger partial charge in [-0.1, -0.05) is 48.1 Å². The van der Waals surface area contributed by atoms with E-state index in [1.54, 1.807) is 21.0 Å². The number of hydrogen-bond donors (Lipinski definition) is 1. The highest BCUT2D eigenvalue weighted by atomic mass is 32.1. The van der Waals surface area contributed by atoms with Crippen molar-refractivity contribution in [3.8, 4) is 0 Å². The third kappa shape index (κ3) is 2.82. The average molecular weight is 343 g/mol. The molecule has 0 bridgehead atoms.